The monoisotopic (exact) mass is 319 g/mol. The Balaban J connectivity index is 3.29. The Kier molecular flexibility index (Phi) is 5.10. The molecule has 0 aliphatic heterocycles. The lowest BCUT2D eigenvalue weighted by molar-refractivity contribution is -0.152. The van der Waals surface area contributed by atoms with E-state index in [0.29, 0.717) is 16.9 Å². The number of carbonyl (C=O) groups excluding carboxylic acids is 2. The number of hydrogen-bond donors (Lipinski definition) is 0. The second-order valence-corrected chi connectivity index (χ2v) is 9.09. The summed E-state index contributed by atoms with van der Waals surface area (Å²) in [6.45, 7) is 17.2. The molecule has 1 aliphatic carbocycles. The third kappa shape index (κ3) is 4.88. The summed E-state index contributed by atoms with van der Waals surface area (Å²) in [5.74, 6) is -0.371. The van der Waals surface area contributed by atoms with Crippen LogP contribution < -0.4 is 0 Å². The first-order valence-corrected chi connectivity index (χ1v) is 7.92. The summed E-state index contributed by atoms with van der Waals surface area (Å²) in [4.78, 5) is 29.7. The number of carbonyl (C=O) groups is 2. The zero-order valence-corrected chi connectivity index (χ0v) is 15.8. The Morgan fingerprint density at radius 2 is 1.26 bits per heavy atom. The van der Waals surface area contributed by atoms with Crippen LogP contribution in [-0.4, -0.2) is 17.5 Å². The van der Waals surface area contributed by atoms with E-state index in [1.54, 1.807) is 32.9 Å². The fraction of sp³-hybridized carbons (Fsp3) is 0.632. The molecule has 0 saturated carbocycles. The van der Waals surface area contributed by atoms with E-state index >= 15 is 0 Å². The molecule has 4 nitrogen and oxygen atoms in total. The van der Waals surface area contributed by atoms with Crippen molar-refractivity contribution in [3.63, 3.8) is 0 Å². The number of hydrogen-bond acceptors (Lipinski definition) is 4. The van der Waals surface area contributed by atoms with Crippen LogP contribution in [0.3, 0.4) is 0 Å². The molecule has 4 heteroatoms. The lowest BCUT2D eigenvalue weighted by Gasteiger charge is -2.30. The summed E-state index contributed by atoms with van der Waals surface area (Å²) in [5.41, 5.74) is 0.609. The van der Waals surface area contributed by atoms with Crippen molar-refractivity contribution >= 4 is 17.5 Å². The van der Waals surface area contributed by atoms with E-state index in [-0.39, 0.29) is 16.6 Å². The zero-order chi connectivity index (χ0) is 18.2. The van der Waals surface area contributed by atoms with E-state index < -0.39 is 11.4 Å². The molecule has 23 heavy (non-hydrogen) atoms. The van der Waals surface area contributed by atoms with Crippen molar-refractivity contribution in [1.82, 2.24) is 0 Å². The summed E-state index contributed by atoms with van der Waals surface area (Å²) in [5, 5.41) is 3.97. The zero-order valence-electron chi connectivity index (χ0n) is 15.8. The van der Waals surface area contributed by atoms with Gasteiger partial charge >= 0.3 is 5.97 Å². The first-order chi connectivity index (χ1) is 10.1. The molecule has 0 unspecified atom stereocenters. The molecule has 0 atom stereocenters. The van der Waals surface area contributed by atoms with Crippen LogP contribution in [0.4, 0.5) is 0 Å². The maximum Gasteiger partial charge on any atom is 0.340 e. The Bertz CT molecular complexity index is 564. The van der Waals surface area contributed by atoms with Crippen LogP contribution in [0.15, 0.2) is 28.5 Å². The van der Waals surface area contributed by atoms with Gasteiger partial charge in [-0.15, -0.1) is 0 Å². The molecule has 128 valence electrons. The second-order valence-electron chi connectivity index (χ2n) is 9.09. The summed E-state index contributed by atoms with van der Waals surface area (Å²) >= 11 is 0. The number of Topliss-reactive ketones (excluding diaryl/α,β-unsaturated/α-hetero) is 1. The van der Waals surface area contributed by atoms with Crippen LogP contribution in [0.2, 0.25) is 0 Å². The van der Waals surface area contributed by atoms with Crippen molar-refractivity contribution < 1.29 is 14.4 Å². The quantitative estimate of drug-likeness (QED) is 0.407. The predicted octanol–water partition coefficient (Wildman–Crippen LogP) is 4.46. The van der Waals surface area contributed by atoms with Gasteiger partial charge in [-0.2, -0.15) is 0 Å². The number of ketones is 1. The van der Waals surface area contributed by atoms with Crippen molar-refractivity contribution in [2.24, 2.45) is 21.4 Å². The highest BCUT2D eigenvalue weighted by molar-refractivity contribution is 6.22. The average molecular weight is 319 g/mol. The Morgan fingerprint density at radius 3 is 1.57 bits per heavy atom. The van der Waals surface area contributed by atoms with Crippen molar-refractivity contribution in [2.75, 3.05) is 0 Å². The highest BCUT2D eigenvalue weighted by Crippen LogP contribution is 2.37. The number of rotatable bonds is 1. The molecule has 0 aromatic heterocycles. The molecule has 0 fully saturated rings. The molecule has 1 rings (SSSR count). The third-order valence-corrected chi connectivity index (χ3v) is 3.54. The van der Waals surface area contributed by atoms with E-state index in [1.165, 1.54) is 0 Å². The minimum Gasteiger partial charge on any atom is -0.317 e. The van der Waals surface area contributed by atoms with Crippen molar-refractivity contribution in [3.8, 4) is 0 Å². The molecular formula is C19H29NO3. The molecule has 0 aromatic carbocycles. The number of allylic oxidation sites excluding steroid dienone is 4. The van der Waals surface area contributed by atoms with Gasteiger partial charge in [0, 0.05) is 11.1 Å². The molecule has 0 bridgehead atoms. The van der Waals surface area contributed by atoms with Crippen LogP contribution >= 0.6 is 0 Å². The third-order valence-electron chi connectivity index (χ3n) is 3.54. The largest absolute Gasteiger partial charge is 0.340 e. The van der Waals surface area contributed by atoms with Gasteiger partial charge in [0.2, 0.25) is 0 Å². The topological polar surface area (TPSA) is 55.7 Å². The van der Waals surface area contributed by atoms with Crippen molar-refractivity contribution in [3.05, 3.63) is 23.3 Å². The highest BCUT2D eigenvalue weighted by atomic mass is 16.7. The lowest BCUT2D eigenvalue weighted by atomic mass is 9.72. The van der Waals surface area contributed by atoms with E-state index in [2.05, 4.69) is 5.16 Å². The van der Waals surface area contributed by atoms with Crippen molar-refractivity contribution in [2.45, 2.75) is 62.3 Å². The number of nitrogens with zero attached hydrogens (tertiary/aromatic N) is 1. The fourth-order valence-electron chi connectivity index (χ4n) is 2.01. The molecule has 0 saturated heterocycles. The number of oxime groups is 1. The van der Waals surface area contributed by atoms with Crippen LogP contribution in [0.1, 0.15) is 62.3 Å². The Labute approximate surface area is 139 Å². The molecular weight excluding hydrogens is 290 g/mol. The van der Waals surface area contributed by atoms with Gasteiger partial charge in [-0.25, -0.2) is 4.79 Å². The van der Waals surface area contributed by atoms with E-state index in [9.17, 15) is 9.59 Å². The van der Waals surface area contributed by atoms with Crippen LogP contribution in [0.25, 0.3) is 0 Å². The summed E-state index contributed by atoms with van der Waals surface area (Å²) < 4.78 is 0. The lowest BCUT2D eigenvalue weighted by Crippen LogP contribution is -2.29. The molecule has 0 aromatic rings. The van der Waals surface area contributed by atoms with Gasteiger partial charge in [-0.1, -0.05) is 46.7 Å². The molecule has 0 heterocycles. The predicted molar refractivity (Wildman–Crippen MR) is 93.1 cm³/mol. The van der Waals surface area contributed by atoms with Gasteiger partial charge in [0.25, 0.3) is 0 Å². The minimum atomic E-state index is -0.623. The maximum atomic E-state index is 12.8. The summed E-state index contributed by atoms with van der Waals surface area (Å²) in [6, 6.07) is 0. The SMILES string of the molecule is CC(C)(C)C(=O)ON=C1C=C(C(C)(C)C)C(=O)C(C(C)(C)C)=C1. The molecule has 0 N–H and O–H groups in total. The smallest absolute Gasteiger partial charge is 0.317 e. The van der Waals surface area contributed by atoms with Crippen LogP contribution in [0, 0.1) is 16.2 Å². The second kappa shape index (κ2) is 6.06. The van der Waals surface area contributed by atoms with Gasteiger partial charge in [-0.3, -0.25) is 4.79 Å². The van der Waals surface area contributed by atoms with Gasteiger partial charge in [0.15, 0.2) is 5.78 Å². The fourth-order valence-corrected chi connectivity index (χ4v) is 2.01. The van der Waals surface area contributed by atoms with Gasteiger partial charge < -0.3 is 4.84 Å². The van der Waals surface area contributed by atoms with E-state index in [4.69, 9.17) is 4.84 Å². The molecule has 0 radical (unpaired) electrons. The maximum absolute atomic E-state index is 12.8. The van der Waals surface area contributed by atoms with E-state index in [0.717, 1.165) is 0 Å². The molecule has 0 spiro atoms. The van der Waals surface area contributed by atoms with Gasteiger partial charge in [-0.05, 0) is 43.8 Å². The Morgan fingerprint density at radius 1 is 0.870 bits per heavy atom. The van der Waals surface area contributed by atoms with Crippen molar-refractivity contribution in [1.29, 1.82) is 0 Å². The van der Waals surface area contributed by atoms with Crippen LogP contribution in [0.5, 0.6) is 0 Å². The first-order valence-electron chi connectivity index (χ1n) is 7.92. The summed E-state index contributed by atoms with van der Waals surface area (Å²) in [7, 11) is 0. The minimum absolute atomic E-state index is 0.0334. The Hall–Kier alpha value is -1.71. The van der Waals surface area contributed by atoms with Gasteiger partial charge in [0.1, 0.15) is 5.71 Å². The van der Waals surface area contributed by atoms with E-state index in [1.807, 2.05) is 41.5 Å². The first kappa shape index (κ1) is 19.3. The standard InChI is InChI=1S/C19H29NO3/c1-17(2,3)13-10-12(20-23-16(22)19(7,8)9)11-14(15(13)21)18(4,5)6/h10-11H,1-9H3. The highest BCUT2D eigenvalue weighted by Gasteiger charge is 2.34. The average Bonchev–Trinajstić information content (AvgIpc) is 2.32. The molecule has 1 aliphatic rings. The normalized spacial score (nSPS) is 16.7. The molecule has 0 amide bonds. The van der Waals surface area contributed by atoms with Crippen LogP contribution in [-0.2, 0) is 14.4 Å². The van der Waals surface area contributed by atoms with Gasteiger partial charge in [0.05, 0.1) is 5.41 Å². The summed E-state index contributed by atoms with van der Waals surface area (Å²) in [6.07, 6.45) is 3.43.